The third-order valence-electron chi connectivity index (χ3n) is 3.40. The Morgan fingerprint density at radius 2 is 1.96 bits per heavy atom. The molecule has 0 aliphatic carbocycles. The van der Waals surface area contributed by atoms with Crippen molar-refractivity contribution >= 4 is 23.4 Å². The number of likely N-dealkylation sites (N-methyl/N-ethyl adjacent to an activating group) is 1. The smallest absolute Gasteiger partial charge is 0.273 e. The normalized spacial score (nSPS) is 10.2. The van der Waals surface area contributed by atoms with Gasteiger partial charge in [-0.3, -0.25) is 14.9 Å². The fourth-order valence-corrected chi connectivity index (χ4v) is 2.44. The van der Waals surface area contributed by atoms with Crippen LogP contribution in [0.3, 0.4) is 0 Å². The second kappa shape index (κ2) is 8.35. The summed E-state index contributed by atoms with van der Waals surface area (Å²) in [5, 5.41) is 10.7. The van der Waals surface area contributed by atoms with Crippen LogP contribution < -0.4 is 4.74 Å². The Labute approximate surface area is 144 Å². The molecule has 2 rings (SSSR count). The number of nitro groups is 1. The van der Waals surface area contributed by atoms with Gasteiger partial charge in [-0.1, -0.05) is 18.2 Å². The third kappa shape index (κ3) is 4.99. The summed E-state index contributed by atoms with van der Waals surface area (Å²) in [6.45, 7) is 0.312. The second-order valence-corrected chi connectivity index (χ2v) is 6.02. The van der Waals surface area contributed by atoms with E-state index in [1.807, 2.05) is 30.5 Å². The molecule has 126 valence electrons. The Morgan fingerprint density at radius 1 is 1.25 bits per heavy atom. The van der Waals surface area contributed by atoms with Crippen LogP contribution in [0.25, 0.3) is 0 Å². The number of rotatable bonds is 7. The molecule has 0 unspecified atom stereocenters. The van der Waals surface area contributed by atoms with Gasteiger partial charge < -0.3 is 9.64 Å². The van der Waals surface area contributed by atoms with Gasteiger partial charge in [-0.15, -0.1) is 11.8 Å². The van der Waals surface area contributed by atoms with Gasteiger partial charge >= 0.3 is 0 Å². The summed E-state index contributed by atoms with van der Waals surface area (Å²) < 4.78 is 5.35. The average Bonchev–Trinajstić information content (AvgIpc) is 2.60. The van der Waals surface area contributed by atoms with E-state index in [2.05, 4.69) is 0 Å². The SMILES string of the molecule is CSc1ccc(CN(C)C(=O)COc2cccc([N+](=O)[O-])c2)cc1. The third-order valence-corrected chi connectivity index (χ3v) is 4.14. The molecule has 0 radical (unpaired) electrons. The van der Waals surface area contributed by atoms with Crippen LogP contribution in [-0.4, -0.2) is 35.6 Å². The van der Waals surface area contributed by atoms with Crippen molar-refractivity contribution < 1.29 is 14.5 Å². The number of benzene rings is 2. The van der Waals surface area contributed by atoms with E-state index >= 15 is 0 Å². The lowest BCUT2D eigenvalue weighted by Gasteiger charge is -2.17. The van der Waals surface area contributed by atoms with Crippen LogP contribution in [0.15, 0.2) is 53.4 Å². The zero-order valence-electron chi connectivity index (χ0n) is 13.5. The monoisotopic (exact) mass is 346 g/mol. The van der Waals surface area contributed by atoms with Crippen LogP contribution >= 0.6 is 11.8 Å². The molecule has 1 amide bonds. The number of carbonyl (C=O) groups excluding carboxylic acids is 1. The molecule has 24 heavy (non-hydrogen) atoms. The Bertz CT molecular complexity index is 719. The number of amides is 1. The summed E-state index contributed by atoms with van der Waals surface area (Å²) in [7, 11) is 1.70. The molecule has 0 fully saturated rings. The molecule has 2 aromatic carbocycles. The maximum atomic E-state index is 12.1. The van der Waals surface area contributed by atoms with Crippen LogP contribution in [0.2, 0.25) is 0 Å². The van der Waals surface area contributed by atoms with Crippen molar-refractivity contribution in [3.05, 3.63) is 64.2 Å². The number of hydrogen-bond acceptors (Lipinski definition) is 5. The van der Waals surface area contributed by atoms with E-state index in [1.165, 1.54) is 23.1 Å². The molecule has 7 heteroatoms. The second-order valence-electron chi connectivity index (χ2n) is 5.14. The maximum Gasteiger partial charge on any atom is 0.273 e. The van der Waals surface area contributed by atoms with Crippen molar-refractivity contribution in [2.45, 2.75) is 11.4 Å². The minimum absolute atomic E-state index is 0.0674. The predicted molar refractivity (Wildman–Crippen MR) is 93.3 cm³/mol. The lowest BCUT2D eigenvalue weighted by Crippen LogP contribution is -2.30. The van der Waals surface area contributed by atoms with Crippen molar-refractivity contribution in [2.75, 3.05) is 19.9 Å². The Hall–Kier alpha value is -2.54. The maximum absolute atomic E-state index is 12.1. The van der Waals surface area contributed by atoms with E-state index in [9.17, 15) is 14.9 Å². The molecule has 0 aliphatic rings. The summed E-state index contributed by atoms with van der Waals surface area (Å²) in [5.41, 5.74) is 0.959. The van der Waals surface area contributed by atoms with E-state index < -0.39 is 4.92 Å². The highest BCUT2D eigenvalue weighted by Gasteiger charge is 2.12. The van der Waals surface area contributed by atoms with Crippen LogP contribution in [0.5, 0.6) is 5.75 Å². The highest BCUT2D eigenvalue weighted by atomic mass is 32.2. The molecule has 0 spiro atoms. The number of nitrogens with zero attached hydrogens (tertiary/aromatic N) is 2. The molecule has 0 saturated carbocycles. The molecular formula is C17H18N2O4S. The van der Waals surface area contributed by atoms with Gasteiger partial charge in [-0.2, -0.15) is 0 Å². The molecular weight excluding hydrogens is 328 g/mol. The zero-order chi connectivity index (χ0) is 17.5. The van der Waals surface area contributed by atoms with Crippen molar-refractivity contribution in [3.63, 3.8) is 0 Å². The number of carbonyl (C=O) groups is 1. The summed E-state index contributed by atoms with van der Waals surface area (Å²) in [6, 6.07) is 13.8. The van der Waals surface area contributed by atoms with Gasteiger partial charge in [-0.25, -0.2) is 0 Å². The highest BCUT2D eigenvalue weighted by Crippen LogP contribution is 2.19. The van der Waals surface area contributed by atoms with Crippen molar-refractivity contribution in [2.24, 2.45) is 0 Å². The Kier molecular flexibility index (Phi) is 6.20. The number of thioether (sulfide) groups is 1. The van der Waals surface area contributed by atoms with Gasteiger partial charge in [-0.05, 0) is 30.0 Å². The zero-order valence-corrected chi connectivity index (χ0v) is 14.3. The molecule has 0 saturated heterocycles. The van der Waals surface area contributed by atoms with Gasteiger partial charge in [0.25, 0.3) is 11.6 Å². The molecule has 0 heterocycles. The standard InChI is InChI=1S/C17H18N2O4S/c1-18(11-13-6-8-16(24-2)9-7-13)17(20)12-23-15-5-3-4-14(10-15)19(21)22/h3-10H,11-12H2,1-2H3. The van der Waals surface area contributed by atoms with Crippen LogP contribution in [0.1, 0.15) is 5.56 Å². The summed E-state index contributed by atoms with van der Waals surface area (Å²) >= 11 is 1.66. The first-order valence-corrected chi connectivity index (χ1v) is 8.46. The van der Waals surface area contributed by atoms with Crippen LogP contribution in [0.4, 0.5) is 5.69 Å². The van der Waals surface area contributed by atoms with E-state index in [4.69, 9.17) is 4.74 Å². The average molecular weight is 346 g/mol. The topological polar surface area (TPSA) is 72.7 Å². The van der Waals surface area contributed by atoms with Crippen molar-refractivity contribution in [1.82, 2.24) is 4.90 Å². The van der Waals surface area contributed by atoms with Gasteiger partial charge in [0.05, 0.1) is 11.0 Å². The predicted octanol–water partition coefficient (Wildman–Crippen LogP) is 3.35. The first kappa shape index (κ1) is 17.8. The number of hydrogen-bond donors (Lipinski definition) is 0. The molecule has 6 nitrogen and oxygen atoms in total. The van der Waals surface area contributed by atoms with Crippen LogP contribution in [-0.2, 0) is 11.3 Å². The van der Waals surface area contributed by atoms with Gasteiger partial charge in [0, 0.05) is 24.6 Å². The molecule has 2 aromatic rings. The van der Waals surface area contributed by atoms with Crippen molar-refractivity contribution in [1.29, 1.82) is 0 Å². The minimum Gasteiger partial charge on any atom is -0.484 e. The van der Waals surface area contributed by atoms with E-state index in [0.29, 0.717) is 12.3 Å². The molecule has 0 N–H and O–H groups in total. The fraction of sp³-hybridized carbons (Fsp3) is 0.235. The Morgan fingerprint density at radius 3 is 2.58 bits per heavy atom. The quantitative estimate of drug-likeness (QED) is 0.437. The lowest BCUT2D eigenvalue weighted by molar-refractivity contribution is -0.384. The summed E-state index contributed by atoms with van der Waals surface area (Å²) in [4.78, 5) is 25.1. The first-order chi connectivity index (χ1) is 11.5. The lowest BCUT2D eigenvalue weighted by atomic mass is 10.2. The van der Waals surface area contributed by atoms with E-state index in [0.717, 1.165) is 5.56 Å². The van der Waals surface area contributed by atoms with Gasteiger partial charge in [0.2, 0.25) is 0 Å². The van der Waals surface area contributed by atoms with Gasteiger partial charge in [0.15, 0.2) is 6.61 Å². The number of ether oxygens (including phenoxy) is 1. The molecule has 0 aromatic heterocycles. The first-order valence-electron chi connectivity index (χ1n) is 7.23. The van der Waals surface area contributed by atoms with Gasteiger partial charge in [0.1, 0.15) is 5.75 Å². The summed E-state index contributed by atoms with van der Waals surface area (Å²) in [6.07, 6.45) is 2.01. The highest BCUT2D eigenvalue weighted by molar-refractivity contribution is 7.98. The molecule has 0 bridgehead atoms. The molecule has 0 atom stereocenters. The van der Waals surface area contributed by atoms with E-state index in [-0.39, 0.29) is 18.2 Å². The number of nitro benzene ring substituents is 1. The Balaban J connectivity index is 1.89. The van der Waals surface area contributed by atoms with Crippen molar-refractivity contribution in [3.8, 4) is 5.75 Å². The fourth-order valence-electron chi connectivity index (χ4n) is 2.04. The summed E-state index contributed by atoms with van der Waals surface area (Å²) in [5.74, 6) is 0.103. The van der Waals surface area contributed by atoms with Crippen LogP contribution in [0, 0.1) is 10.1 Å². The largest absolute Gasteiger partial charge is 0.484 e. The molecule has 0 aliphatic heterocycles. The van der Waals surface area contributed by atoms with E-state index in [1.54, 1.807) is 29.8 Å². The minimum atomic E-state index is -0.501. The number of non-ortho nitro benzene ring substituents is 1.